The zero-order valence-electron chi connectivity index (χ0n) is 9.90. The Kier molecular flexibility index (Phi) is 2.88. The second kappa shape index (κ2) is 4.05. The molecule has 0 saturated carbocycles. The summed E-state index contributed by atoms with van der Waals surface area (Å²) in [5.74, 6) is 0.895. The minimum Gasteiger partial charge on any atom is -0.385 e. The van der Waals surface area contributed by atoms with Crippen LogP contribution in [-0.4, -0.2) is 42.1 Å². The van der Waals surface area contributed by atoms with Gasteiger partial charge in [-0.25, -0.2) is 4.79 Å². The molecule has 2 N–H and O–H groups in total. The average molecular weight is 225 g/mol. The Morgan fingerprint density at radius 1 is 1.50 bits per heavy atom. The Labute approximate surface area is 95.6 Å². The van der Waals surface area contributed by atoms with Crippen LogP contribution < -0.4 is 5.73 Å². The standard InChI is InChI=1S/C11H19N3O2/c1-8(2)7-14-10(15)13-9(12)11(14)3-5-16-6-4-11/h8H,3-7H2,1-2H3,(H2,12,13,15). The minimum absolute atomic E-state index is 0.187. The van der Waals surface area contributed by atoms with Gasteiger partial charge in [0.15, 0.2) is 0 Å². The summed E-state index contributed by atoms with van der Waals surface area (Å²) in [6, 6.07) is -0.187. The first-order valence-corrected chi connectivity index (χ1v) is 5.80. The fraction of sp³-hybridized carbons (Fsp3) is 0.818. The summed E-state index contributed by atoms with van der Waals surface area (Å²) in [6.07, 6.45) is 1.53. The predicted octanol–water partition coefficient (Wildman–Crippen LogP) is 0.984. The van der Waals surface area contributed by atoms with E-state index in [-0.39, 0.29) is 11.6 Å². The lowest BCUT2D eigenvalue weighted by atomic mass is 9.87. The molecule has 2 heterocycles. The number of rotatable bonds is 2. The first kappa shape index (κ1) is 11.4. The molecule has 90 valence electrons. The molecule has 0 radical (unpaired) electrons. The highest BCUT2D eigenvalue weighted by atomic mass is 16.5. The van der Waals surface area contributed by atoms with Gasteiger partial charge in [0.2, 0.25) is 0 Å². The van der Waals surface area contributed by atoms with Crippen molar-refractivity contribution in [1.82, 2.24) is 4.90 Å². The van der Waals surface area contributed by atoms with Gasteiger partial charge in [-0.1, -0.05) is 13.8 Å². The molecule has 0 aliphatic carbocycles. The van der Waals surface area contributed by atoms with E-state index in [1.807, 2.05) is 4.90 Å². The zero-order valence-corrected chi connectivity index (χ0v) is 9.90. The van der Waals surface area contributed by atoms with Gasteiger partial charge in [-0.15, -0.1) is 0 Å². The number of carbonyl (C=O) groups excluding carboxylic acids is 1. The van der Waals surface area contributed by atoms with Crippen molar-refractivity contribution in [2.75, 3.05) is 19.8 Å². The molecule has 2 aliphatic heterocycles. The second-order valence-electron chi connectivity index (χ2n) is 4.93. The number of urea groups is 1. The van der Waals surface area contributed by atoms with Gasteiger partial charge in [0, 0.05) is 32.6 Å². The van der Waals surface area contributed by atoms with E-state index in [0.717, 1.165) is 12.8 Å². The molecular weight excluding hydrogens is 206 g/mol. The molecule has 2 aliphatic rings. The normalized spacial score (nSPS) is 24.3. The lowest BCUT2D eigenvalue weighted by molar-refractivity contribution is 0.0246. The summed E-state index contributed by atoms with van der Waals surface area (Å²) in [5, 5.41) is 0. The number of carbonyl (C=O) groups is 1. The molecule has 2 amide bonds. The molecular formula is C11H19N3O2. The fourth-order valence-electron chi connectivity index (χ4n) is 2.44. The maximum Gasteiger partial charge on any atom is 0.346 e. The number of amides is 2. The number of nitrogens with zero attached hydrogens (tertiary/aromatic N) is 2. The molecule has 0 aromatic rings. The largest absolute Gasteiger partial charge is 0.385 e. The van der Waals surface area contributed by atoms with Crippen molar-refractivity contribution in [2.24, 2.45) is 16.6 Å². The summed E-state index contributed by atoms with van der Waals surface area (Å²) in [6.45, 7) is 6.20. The van der Waals surface area contributed by atoms with Gasteiger partial charge < -0.3 is 15.4 Å². The highest BCUT2D eigenvalue weighted by Gasteiger charge is 2.49. The summed E-state index contributed by atoms with van der Waals surface area (Å²) in [4.78, 5) is 17.6. The van der Waals surface area contributed by atoms with E-state index in [1.54, 1.807) is 0 Å². The average Bonchev–Trinajstić information content (AvgIpc) is 2.44. The van der Waals surface area contributed by atoms with Crippen molar-refractivity contribution in [3.63, 3.8) is 0 Å². The van der Waals surface area contributed by atoms with Crippen molar-refractivity contribution < 1.29 is 9.53 Å². The van der Waals surface area contributed by atoms with Crippen molar-refractivity contribution in [3.05, 3.63) is 0 Å². The molecule has 2 rings (SSSR count). The summed E-state index contributed by atoms with van der Waals surface area (Å²) in [5.41, 5.74) is 5.57. The molecule has 0 bridgehead atoms. The van der Waals surface area contributed by atoms with Crippen LogP contribution in [0.5, 0.6) is 0 Å². The third-order valence-electron chi connectivity index (χ3n) is 3.31. The Bertz CT molecular complexity index is 319. The molecule has 1 fully saturated rings. The Morgan fingerprint density at radius 2 is 2.12 bits per heavy atom. The molecule has 5 heteroatoms. The highest BCUT2D eigenvalue weighted by Crippen LogP contribution is 2.33. The van der Waals surface area contributed by atoms with Crippen LogP contribution in [0.15, 0.2) is 4.99 Å². The third kappa shape index (κ3) is 1.69. The van der Waals surface area contributed by atoms with Crippen LogP contribution in [-0.2, 0) is 4.74 Å². The molecule has 0 aromatic heterocycles. The number of aliphatic imine (C=N–C) groups is 1. The van der Waals surface area contributed by atoms with Gasteiger partial charge in [-0.05, 0) is 5.92 Å². The Balaban J connectivity index is 2.24. The van der Waals surface area contributed by atoms with E-state index in [0.29, 0.717) is 31.5 Å². The van der Waals surface area contributed by atoms with Crippen molar-refractivity contribution >= 4 is 11.9 Å². The topological polar surface area (TPSA) is 67.9 Å². The lowest BCUT2D eigenvalue weighted by Gasteiger charge is -2.41. The smallest absolute Gasteiger partial charge is 0.346 e. The molecule has 5 nitrogen and oxygen atoms in total. The van der Waals surface area contributed by atoms with Gasteiger partial charge in [-0.3, -0.25) is 0 Å². The van der Waals surface area contributed by atoms with Crippen LogP contribution in [0, 0.1) is 5.92 Å². The van der Waals surface area contributed by atoms with Gasteiger partial charge in [-0.2, -0.15) is 4.99 Å². The van der Waals surface area contributed by atoms with Crippen LogP contribution in [0.3, 0.4) is 0 Å². The Hall–Kier alpha value is -1.10. The van der Waals surface area contributed by atoms with Crippen LogP contribution >= 0.6 is 0 Å². The van der Waals surface area contributed by atoms with Gasteiger partial charge in [0.05, 0.1) is 0 Å². The maximum atomic E-state index is 11.8. The number of hydrogen-bond acceptors (Lipinski definition) is 3. The van der Waals surface area contributed by atoms with E-state index >= 15 is 0 Å². The first-order chi connectivity index (χ1) is 7.56. The SMILES string of the molecule is CC(C)CN1C(=O)N=C(N)C12CCOCC2. The number of amidine groups is 1. The van der Waals surface area contributed by atoms with E-state index in [1.165, 1.54) is 0 Å². The van der Waals surface area contributed by atoms with Crippen molar-refractivity contribution in [2.45, 2.75) is 32.2 Å². The third-order valence-corrected chi connectivity index (χ3v) is 3.31. The highest BCUT2D eigenvalue weighted by molar-refractivity contribution is 6.05. The Morgan fingerprint density at radius 3 is 2.69 bits per heavy atom. The van der Waals surface area contributed by atoms with Gasteiger partial charge in [0.1, 0.15) is 11.4 Å². The number of ether oxygens (including phenoxy) is 1. The number of nitrogens with two attached hydrogens (primary N) is 1. The summed E-state index contributed by atoms with van der Waals surface area (Å²) >= 11 is 0. The van der Waals surface area contributed by atoms with Gasteiger partial charge in [0.25, 0.3) is 0 Å². The predicted molar refractivity (Wildman–Crippen MR) is 61.3 cm³/mol. The lowest BCUT2D eigenvalue weighted by Crippen LogP contribution is -2.57. The van der Waals surface area contributed by atoms with E-state index in [4.69, 9.17) is 10.5 Å². The second-order valence-corrected chi connectivity index (χ2v) is 4.93. The minimum atomic E-state index is -0.362. The van der Waals surface area contributed by atoms with Crippen molar-refractivity contribution in [3.8, 4) is 0 Å². The maximum absolute atomic E-state index is 11.8. The first-order valence-electron chi connectivity index (χ1n) is 5.80. The van der Waals surface area contributed by atoms with Crippen LogP contribution in [0.1, 0.15) is 26.7 Å². The molecule has 0 atom stereocenters. The van der Waals surface area contributed by atoms with Crippen LogP contribution in [0.4, 0.5) is 4.79 Å². The van der Waals surface area contributed by atoms with Crippen LogP contribution in [0.2, 0.25) is 0 Å². The monoisotopic (exact) mass is 225 g/mol. The zero-order chi connectivity index (χ0) is 11.8. The van der Waals surface area contributed by atoms with E-state index in [2.05, 4.69) is 18.8 Å². The van der Waals surface area contributed by atoms with E-state index in [9.17, 15) is 4.79 Å². The molecule has 1 saturated heterocycles. The van der Waals surface area contributed by atoms with Gasteiger partial charge >= 0.3 is 6.03 Å². The summed E-state index contributed by atoms with van der Waals surface area (Å²) < 4.78 is 5.34. The number of hydrogen-bond donors (Lipinski definition) is 1. The molecule has 0 aromatic carbocycles. The van der Waals surface area contributed by atoms with Crippen molar-refractivity contribution in [1.29, 1.82) is 0 Å². The quantitative estimate of drug-likeness (QED) is 0.761. The van der Waals surface area contributed by atoms with Crippen LogP contribution in [0.25, 0.3) is 0 Å². The summed E-state index contributed by atoms with van der Waals surface area (Å²) in [7, 11) is 0. The van der Waals surface area contributed by atoms with E-state index < -0.39 is 0 Å². The molecule has 16 heavy (non-hydrogen) atoms. The molecule has 1 spiro atoms. The fourth-order valence-corrected chi connectivity index (χ4v) is 2.44. The molecule has 0 unspecified atom stereocenters.